The van der Waals surface area contributed by atoms with Crippen LogP contribution in [0.4, 0.5) is 0 Å². The Kier molecular flexibility index (Phi) is 7.43. The SMILES string of the molecule is CCCc1ccc(OCC(=O)NC(CC(C)C)C(=O)O)cc1. The highest BCUT2D eigenvalue weighted by Gasteiger charge is 2.21. The molecular formula is C17H25NO4. The molecule has 0 heterocycles. The van der Waals surface area contributed by atoms with Gasteiger partial charge in [0.25, 0.3) is 5.91 Å². The Labute approximate surface area is 131 Å². The minimum atomic E-state index is -1.02. The van der Waals surface area contributed by atoms with Crippen LogP contribution in [0, 0.1) is 5.92 Å². The van der Waals surface area contributed by atoms with E-state index in [0.717, 1.165) is 12.8 Å². The Hall–Kier alpha value is -2.04. The van der Waals surface area contributed by atoms with Crippen molar-refractivity contribution in [3.05, 3.63) is 29.8 Å². The van der Waals surface area contributed by atoms with Gasteiger partial charge in [0.05, 0.1) is 0 Å². The van der Waals surface area contributed by atoms with Crippen LogP contribution in [0.3, 0.4) is 0 Å². The van der Waals surface area contributed by atoms with Crippen molar-refractivity contribution < 1.29 is 19.4 Å². The second kappa shape index (κ2) is 9.07. The second-order valence-corrected chi connectivity index (χ2v) is 5.77. The molecule has 1 rings (SSSR count). The van der Waals surface area contributed by atoms with Crippen molar-refractivity contribution >= 4 is 11.9 Å². The zero-order chi connectivity index (χ0) is 16.5. The molecular weight excluding hydrogens is 282 g/mol. The lowest BCUT2D eigenvalue weighted by Gasteiger charge is -2.16. The normalized spacial score (nSPS) is 12.0. The first kappa shape index (κ1) is 18.0. The Morgan fingerprint density at radius 3 is 2.36 bits per heavy atom. The zero-order valence-electron chi connectivity index (χ0n) is 13.5. The number of hydrogen-bond acceptors (Lipinski definition) is 3. The van der Waals surface area contributed by atoms with Crippen molar-refractivity contribution in [2.45, 2.75) is 46.1 Å². The third kappa shape index (κ3) is 6.61. The summed E-state index contributed by atoms with van der Waals surface area (Å²) in [5, 5.41) is 11.6. The highest BCUT2D eigenvalue weighted by Crippen LogP contribution is 2.13. The molecule has 1 aromatic carbocycles. The maximum absolute atomic E-state index is 11.8. The van der Waals surface area contributed by atoms with Crippen LogP contribution >= 0.6 is 0 Å². The summed E-state index contributed by atoms with van der Waals surface area (Å²) in [6.07, 6.45) is 2.48. The summed E-state index contributed by atoms with van der Waals surface area (Å²) in [4.78, 5) is 22.9. The van der Waals surface area contributed by atoms with Gasteiger partial charge >= 0.3 is 5.97 Å². The van der Waals surface area contributed by atoms with Crippen LogP contribution in [0.1, 0.15) is 39.2 Å². The third-order valence-corrected chi connectivity index (χ3v) is 3.17. The second-order valence-electron chi connectivity index (χ2n) is 5.77. The molecule has 0 aliphatic heterocycles. The fourth-order valence-corrected chi connectivity index (χ4v) is 2.12. The molecule has 5 heteroatoms. The summed E-state index contributed by atoms with van der Waals surface area (Å²) in [6.45, 7) is 5.76. The molecule has 0 spiro atoms. The molecule has 0 saturated carbocycles. The van der Waals surface area contributed by atoms with Gasteiger partial charge < -0.3 is 15.2 Å². The number of aryl methyl sites for hydroxylation is 1. The molecule has 0 aliphatic rings. The number of ether oxygens (including phenoxy) is 1. The van der Waals surface area contributed by atoms with Gasteiger partial charge in [-0.2, -0.15) is 0 Å². The Morgan fingerprint density at radius 2 is 1.86 bits per heavy atom. The molecule has 0 aromatic heterocycles. The van der Waals surface area contributed by atoms with Crippen molar-refractivity contribution in [2.24, 2.45) is 5.92 Å². The highest BCUT2D eigenvalue weighted by molar-refractivity contribution is 5.84. The van der Waals surface area contributed by atoms with Gasteiger partial charge in [0, 0.05) is 0 Å². The van der Waals surface area contributed by atoms with Crippen LogP contribution in [0.5, 0.6) is 5.75 Å². The number of carbonyl (C=O) groups is 2. The molecule has 22 heavy (non-hydrogen) atoms. The topological polar surface area (TPSA) is 75.6 Å². The molecule has 0 radical (unpaired) electrons. The molecule has 2 N–H and O–H groups in total. The lowest BCUT2D eigenvalue weighted by Crippen LogP contribution is -2.43. The summed E-state index contributed by atoms with van der Waals surface area (Å²) in [5.74, 6) is -0.657. The minimum absolute atomic E-state index is 0.186. The monoisotopic (exact) mass is 307 g/mol. The summed E-state index contributed by atoms with van der Waals surface area (Å²) < 4.78 is 5.38. The summed E-state index contributed by atoms with van der Waals surface area (Å²) >= 11 is 0. The molecule has 0 bridgehead atoms. The zero-order valence-corrected chi connectivity index (χ0v) is 13.5. The molecule has 0 fully saturated rings. The highest BCUT2D eigenvalue weighted by atomic mass is 16.5. The van der Waals surface area contributed by atoms with E-state index in [4.69, 9.17) is 9.84 Å². The van der Waals surface area contributed by atoms with Gasteiger partial charge in [0.1, 0.15) is 11.8 Å². The van der Waals surface area contributed by atoms with Crippen molar-refractivity contribution in [3.63, 3.8) is 0 Å². The van der Waals surface area contributed by atoms with Crippen molar-refractivity contribution in [3.8, 4) is 5.75 Å². The smallest absolute Gasteiger partial charge is 0.326 e. The Balaban J connectivity index is 2.45. The van der Waals surface area contributed by atoms with Crippen molar-refractivity contribution in [1.29, 1.82) is 0 Å². The number of hydrogen-bond donors (Lipinski definition) is 2. The number of benzene rings is 1. The lowest BCUT2D eigenvalue weighted by atomic mass is 10.0. The van der Waals surface area contributed by atoms with E-state index in [1.807, 2.05) is 38.1 Å². The maximum Gasteiger partial charge on any atom is 0.326 e. The van der Waals surface area contributed by atoms with E-state index in [0.29, 0.717) is 12.2 Å². The van der Waals surface area contributed by atoms with Gasteiger partial charge in [-0.05, 0) is 36.5 Å². The average molecular weight is 307 g/mol. The quantitative estimate of drug-likeness (QED) is 0.735. The molecule has 5 nitrogen and oxygen atoms in total. The Morgan fingerprint density at radius 1 is 1.23 bits per heavy atom. The van der Waals surface area contributed by atoms with Gasteiger partial charge in [0.15, 0.2) is 6.61 Å². The first-order chi connectivity index (χ1) is 10.4. The van der Waals surface area contributed by atoms with E-state index >= 15 is 0 Å². The van der Waals surface area contributed by atoms with Gasteiger partial charge in [0.2, 0.25) is 0 Å². The van der Waals surface area contributed by atoms with E-state index in [-0.39, 0.29) is 12.5 Å². The molecule has 122 valence electrons. The fourth-order valence-electron chi connectivity index (χ4n) is 2.12. The van der Waals surface area contributed by atoms with Gasteiger partial charge in [-0.15, -0.1) is 0 Å². The predicted molar refractivity (Wildman–Crippen MR) is 85.0 cm³/mol. The number of aliphatic carboxylic acids is 1. The van der Waals surface area contributed by atoms with Gasteiger partial charge in [-0.25, -0.2) is 4.79 Å². The van der Waals surface area contributed by atoms with E-state index < -0.39 is 17.9 Å². The van der Waals surface area contributed by atoms with Crippen molar-refractivity contribution in [2.75, 3.05) is 6.61 Å². The number of carboxylic acid groups (broad SMARTS) is 1. The van der Waals surface area contributed by atoms with Crippen LogP contribution in [0.15, 0.2) is 24.3 Å². The standard InChI is InChI=1S/C17H25NO4/c1-4-5-13-6-8-14(9-7-13)22-11-16(19)18-15(17(20)21)10-12(2)3/h6-9,12,15H,4-5,10-11H2,1-3H3,(H,18,19)(H,20,21). The summed E-state index contributed by atoms with van der Waals surface area (Å²) in [7, 11) is 0. The minimum Gasteiger partial charge on any atom is -0.484 e. The van der Waals surface area contributed by atoms with E-state index in [2.05, 4.69) is 12.2 Å². The number of carbonyl (C=O) groups excluding carboxylic acids is 1. The van der Waals surface area contributed by atoms with Gasteiger partial charge in [-0.3, -0.25) is 4.79 Å². The van der Waals surface area contributed by atoms with Crippen molar-refractivity contribution in [1.82, 2.24) is 5.32 Å². The van der Waals surface area contributed by atoms with Crippen LogP contribution < -0.4 is 10.1 Å². The summed E-state index contributed by atoms with van der Waals surface area (Å²) in [5.41, 5.74) is 1.22. The number of rotatable bonds is 9. The number of carboxylic acids is 1. The molecule has 1 unspecified atom stereocenters. The van der Waals surface area contributed by atoms with E-state index in [1.165, 1.54) is 5.56 Å². The molecule has 1 amide bonds. The van der Waals surface area contributed by atoms with E-state index in [1.54, 1.807) is 0 Å². The average Bonchev–Trinajstić information content (AvgIpc) is 2.45. The molecule has 0 saturated heterocycles. The maximum atomic E-state index is 11.8. The van der Waals surface area contributed by atoms with Crippen LogP contribution in [-0.4, -0.2) is 29.6 Å². The van der Waals surface area contributed by atoms with Crippen LogP contribution in [0.25, 0.3) is 0 Å². The first-order valence-electron chi connectivity index (χ1n) is 7.66. The number of amides is 1. The van der Waals surface area contributed by atoms with Crippen LogP contribution in [0.2, 0.25) is 0 Å². The van der Waals surface area contributed by atoms with Gasteiger partial charge in [-0.1, -0.05) is 39.3 Å². The molecule has 0 aliphatic carbocycles. The first-order valence-corrected chi connectivity index (χ1v) is 7.66. The molecule has 1 aromatic rings. The van der Waals surface area contributed by atoms with Crippen LogP contribution in [-0.2, 0) is 16.0 Å². The largest absolute Gasteiger partial charge is 0.484 e. The number of nitrogens with one attached hydrogen (secondary N) is 1. The van der Waals surface area contributed by atoms with E-state index in [9.17, 15) is 9.59 Å². The molecule has 1 atom stereocenters. The summed E-state index contributed by atoms with van der Waals surface area (Å²) in [6, 6.07) is 6.70. The Bertz CT molecular complexity index is 482. The third-order valence-electron chi connectivity index (χ3n) is 3.17. The fraction of sp³-hybridized carbons (Fsp3) is 0.529. The predicted octanol–water partition coefficient (Wildman–Crippen LogP) is 2.63. The lowest BCUT2D eigenvalue weighted by molar-refractivity contribution is -0.142.